The van der Waals surface area contributed by atoms with Crippen molar-refractivity contribution in [3.05, 3.63) is 75.8 Å². The molecule has 0 saturated heterocycles. The second-order valence-corrected chi connectivity index (χ2v) is 6.27. The number of allylic oxidation sites excluding steroid dienone is 1. The lowest BCUT2D eigenvalue weighted by molar-refractivity contribution is 0.340. The highest BCUT2D eigenvalue weighted by molar-refractivity contribution is 6.36. The third-order valence-electron chi connectivity index (χ3n) is 3.86. The zero-order valence-corrected chi connectivity index (χ0v) is 15.1. The summed E-state index contributed by atoms with van der Waals surface area (Å²) in [6, 6.07) is 19.3. The van der Waals surface area contributed by atoms with Crippen LogP contribution in [0.5, 0.6) is 5.75 Å². The van der Waals surface area contributed by atoms with Crippen LogP contribution in [0.3, 0.4) is 0 Å². The highest BCUT2D eigenvalue weighted by Gasteiger charge is 2.11. The van der Waals surface area contributed by atoms with Crippen LogP contribution in [0.15, 0.2) is 54.6 Å². The van der Waals surface area contributed by atoms with E-state index in [-0.39, 0.29) is 0 Å². The van der Waals surface area contributed by atoms with Crippen molar-refractivity contribution in [2.75, 3.05) is 6.61 Å². The van der Waals surface area contributed by atoms with Gasteiger partial charge in [-0.2, -0.15) is 5.26 Å². The van der Waals surface area contributed by atoms with Gasteiger partial charge in [0, 0.05) is 16.1 Å². The maximum atomic E-state index is 9.68. The number of nitrogens with zero attached hydrogens (tertiary/aromatic N) is 1. The van der Waals surface area contributed by atoms with E-state index < -0.39 is 0 Å². The van der Waals surface area contributed by atoms with E-state index in [1.165, 1.54) is 0 Å². The molecule has 3 rings (SSSR count). The number of nitriles is 1. The molecular formula is C21H15Cl2NO. The Hall–Kier alpha value is -2.47. The first-order chi connectivity index (χ1) is 12.1. The number of fused-ring (bicyclic) bond motifs is 1. The summed E-state index contributed by atoms with van der Waals surface area (Å²) in [7, 11) is 0. The fourth-order valence-electron chi connectivity index (χ4n) is 2.73. The van der Waals surface area contributed by atoms with Crippen LogP contribution in [-0.2, 0) is 0 Å². The molecule has 0 aliphatic rings. The van der Waals surface area contributed by atoms with E-state index in [1.807, 2.05) is 49.4 Å². The van der Waals surface area contributed by atoms with Gasteiger partial charge >= 0.3 is 0 Å². The summed E-state index contributed by atoms with van der Waals surface area (Å²) >= 11 is 12.2. The third kappa shape index (κ3) is 3.64. The molecule has 0 bridgehead atoms. The maximum absolute atomic E-state index is 9.68. The van der Waals surface area contributed by atoms with Crippen molar-refractivity contribution in [1.82, 2.24) is 0 Å². The van der Waals surface area contributed by atoms with Crippen LogP contribution in [0.4, 0.5) is 0 Å². The van der Waals surface area contributed by atoms with E-state index in [1.54, 1.807) is 18.2 Å². The fraction of sp³-hybridized carbons (Fsp3) is 0.0952. The second kappa shape index (κ2) is 7.61. The van der Waals surface area contributed by atoms with Gasteiger partial charge in [0.25, 0.3) is 0 Å². The van der Waals surface area contributed by atoms with Gasteiger partial charge in [-0.05, 0) is 42.0 Å². The highest BCUT2D eigenvalue weighted by Crippen LogP contribution is 2.34. The average molecular weight is 368 g/mol. The number of hydrogen-bond donors (Lipinski definition) is 0. The van der Waals surface area contributed by atoms with Gasteiger partial charge in [0.2, 0.25) is 0 Å². The molecular weight excluding hydrogens is 353 g/mol. The van der Waals surface area contributed by atoms with Crippen LogP contribution < -0.4 is 4.74 Å². The zero-order valence-electron chi connectivity index (χ0n) is 13.6. The highest BCUT2D eigenvalue weighted by atomic mass is 35.5. The second-order valence-electron chi connectivity index (χ2n) is 5.43. The van der Waals surface area contributed by atoms with Crippen molar-refractivity contribution >= 4 is 45.6 Å². The van der Waals surface area contributed by atoms with Gasteiger partial charge in [-0.25, -0.2) is 0 Å². The zero-order chi connectivity index (χ0) is 17.8. The molecule has 0 aromatic heterocycles. The molecule has 2 nitrogen and oxygen atoms in total. The number of hydrogen-bond acceptors (Lipinski definition) is 2. The van der Waals surface area contributed by atoms with Gasteiger partial charge in [-0.15, -0.1) is 0 Å². The molecule has 25 heavy (non-hydrogen) atoms. The summed E-state index contributed by atoms with van der Waals surface area (Å²) in [5, 5.41) is 12.8. The molecule has 3 aromatic carbocycles. The predicted octanol–water partition coefficient (Wildman–Crippen LogP) is 6.61. The van der Waals surface area contributed by atoms with Crippen molar-refractivity contribution < 1.29 is 4.74 Å². The number of halogens is 2. The normalized spacial score (nSPS) is 11.4. The van der Waals surface area contributed by atoms with Crippen LogP contribution >= 0.6 is 23.2 Å². The molecule has 0 fully saturated rings. The number of benzene rings is 3. The standard InChI is InChI=1S/C21H15Cl2NO/c1-2-25-21-10-7-14-5-3-4-6-17(14)19(21)11-15(13-24)18-9-8-16(22)12-20(18)23/h3-12H,2H2,1H3/b15-11+. The Labute approximate surface area is 156 Å². The molecule has 0 atom stereocenters. The van der Waals surface area contributed by atoms with Crippen LogP contribution in [0.2, 0.25) is 10.0 Å². The lowest BCUT2D eigenvalue weighted by atomic mass is 9.98. The SMILES string of the molecule is CCOc1ccc2ccccc2c1/C=C(\C#N)c1ccc(Cl)cc1Cl. The van der Waals surface area contributed by atoms with E-state index in [2.05, 4.69) is 6.07 Å². The molecule has 0 N–H and O–H groups in total. The summed E-state index contributed by atoms with van der Waals surface area (Å²) in [6.45, 7) is 2.48. The van der Waals surface area contributed by atoms with Crippen LogP contribution in [-0.4, -0.2) is 6.61 Å². The summed E-state index contributed by atoms with van der Waals surface area (Å²) in [6.07, 6.45) is 1.82. The average Bonchev–Trinajstić information content (AvgIpc) is 2.61. The molecule has 0 unspecified atom stereocenters. The smallest absolute Gasteiger partial charge is 0.127 e. The Bertz CT molecular complexity index is 1000. The van der Waals surface area contributed by atoms with Crippen molar-refractivity contribution in [3.63, 3.8) is 0 Å². The minimum atomic E-state index is 0.443. The van der Waals surface area contributed by atoms with Crippen LogP contribution in [0.25, 0.3) is 22.4 Å². The van der Waals surface area contributed by atoms with E-state index in [4.69, 9.17) is 27.9 Å². The lowest BCUT2D eigenvalue weighted by Crippen LogP contribution is -1.95. The Morgan fingerprint density at radius 1 is 1.12 bits per heavy atom. The molecule has 0 radical (unpaired) electrons. The van der Waals surface area contributed by atoms with E-state index in [0.717, 1.165) is 22.1 Å². The quantitative estimate of drug-likeness (QED) is 0.383. The van der Waals surface area contributed by atoms with E-state index in [0.29, 0.717) is 27.8 Å². The molecule has 0 saturated carbocycles. The Kier molecular flexibility index (Phi) is 5.28. The first-order valence-electron chi connectivity index (χ1n) is 7.85. The van der Waals surface area contributed by atoms with Crippen molar-refractivity contribution in [3.8, 4) is 11.8 Å². The van der Waals surface area contributed by atoms with Gasteiger partial charge in [-0.1, -0.05) is 59.6 Å². The first kappa shape index (κ1) is 17.4. The molecule has 0 amide bonds. The molecule has 4 heteroatoms. The van der Waals surface area contributed by atoms with Gasteiger partial charge in [-0.3, -0.25) is 0 Å². The first-order valence-corrected chi connectivity index (χ1v) is 8.61. The van der Waals surface area contributed by atoms with Crippen molar-refractivity contribution in [1.29, 1.82) is 5.26 Å². The topological polar surface area (TPSA) is 33.0 Å². The molecule has 124 valence electrons. The van der Waals surface area contributed by atoms with Crippen molar-refractivity contribution in [2.45, 2.75) is 6.92 Å². The van der Waals surface area contributed by atoms with Gasteiger partial charge in [0.15, 0.2) is 0 Å². The fourth-order valence-corrected chi connectivity index (χ4v) is 3.24. The predicted molar refractivity (Wildman–Crippen MR) is 105 cm³/mol. The monoisotopic (exact) mass is 367 g/mol. The summed E-state index contributed by atoms with van der Waals surface area (Å²) in [4.78, 5) is 0. The molecule has 0 spiro atoms. The summed E-state index contributed by atoms with van der Waals surface area (Å²) in [5.74, 6) is 0.735. The Morgan fingerprint density at radius 3 is 2.64 bits per heavy atom. The van der Waals surface area contributed by atoms with E-state index in [9.17, 15) is 5.26 Å². The van der Waals surface area contributed by atoms with Gasteiger partial charge < -0.3 is 4.74 Å². The van der Waals surface area contributed by atoms with Crippen LogP contribution in [0, 0.1) is 11.3 Å². The lowest BCUT2D eigenvalue weighted by Gasteiger charge is -2.12. The van der Waals surface area contributed by atoms with Crippen molar-refractivity contribution in [2.24, 2.45) is 0 Å². The van der Waals surface area contributed by atoms with Gasteiger partial charge in [0.05, 0.1) is 23.3 Å². The minimum absolute atomic E-state index is 0.443. The minimum Gasteiger partial charge on any atom is -0.493 e. The molecule has 0 aliphatic carbocycles. The van der Waals surface area contributed by atoms with E-state index >= 15 is 0 Å². The molecule has 0 heterocycles. The summed E-state index contributed by atoms with van der Waals surface area (Å²) < 4.78 is 5.77. The largest absolute Gasteiger partial charge is 0.493 e. The van der Waals surface area contributed by atoms with Crippen LogP contribution in [0.1, 0.15) is 18.1 Å². The molecule has 3 aromatic rings. The van der Waals surface area contributed by atoms with Gasteiger partial charge in [0.1, 0.15) is 5.75 Å². The Balaban J connectivity index is 2.24. The molecule has 0 aliphatic heterocycles. The summed E-state index contributed by atoms with van der Waals surface area (Å²) in [5.41, 5.74) is 1.96. The number of ether oxygens (including phenoxy) is 1. The maximum Gasteiger partial charge on any atom is 0.127 e. The number of rotatable bonds is 4. The Morgan fingerprint density at radius 2 is 1.92 bits per heavy atom. The third-order valence-corrected chi connectivity index (χ3v) is 4.41.